The van der Waals surface area contributed by atoms with Crippen LogP contribution in [0.15, 0.2) is 78.9 Å². The molecule has 5 nitrogen and oxygen atoms in total. The van der Waals surface area contributed by atoms with Crippen LogP contribution in [0.25, 0.3) is 0 Å². The third-order valence-corrected chi connectivity index (χ3v) is 4.74. The van der Waals surface area contributed by atoms with Crippen molar-refractivity contribution >= 4 is 17.3 Å². The highest BCUT2D eigenvalue weighted by molar-refractivity contribution is 5.95. The lowest BCUT2D eigenvalue weighted by atomic mass is 10.1. The minimum Gasteiger partial charge on any atom is -0.493 e. The number of aryl methyl sites for hydroxylation is 1. The summed E-state index contributed by atoms with van der Waals surface area (Å²) in [6.45, 7) is 5.61. The average Bonchev–Trinajstić information content (AvgIpc) is 2.81. The molecule has 0 atom stereocenters. The van der Waals surface area contributed by atoms with Crippen molar-refractivity contribution < 1.29 is 14.3 Å². The van der Waals surface area contributed by atoms with Crippen LogP contribution in [0.3, 0.4) is 0 Å². The van der Waals surface area contributed by atoms with Crippen LogP contribution in [0.2, 0.25) is 0 Å². The van der Waals surface area contributed by atoms with Crippen LogP contribution in [0, 0.1) is 5.92 Å². The van der Waals surface area contributed by atoms with E-state index in [1.807, 2.05) is 66.7 Å². The molecule has 0 aromatic heterocycles. The van der Waals surface area contributed by atoms with Gasteiger partial charge in [0, 0.05) is 11.8 Å². The Morgan fingerprint density at radius 3 is 2.50 bits per heavy atom. The Morgan fingerprint density at radius 2 is 1.69 bits per heavy atom. The molecule has 0 unspecified atom stereocenters. The number of benzene rings is 3. The molecule has 0 aliphatic heterocycles. The van der Waals surface area contributed by atoms with Crippen molar-refractivity contribution in [2.45, 2.75) is 26.7 Å². The molecule has 1 amide bonds. The molecule has 3 rings (SSSR count). The number of anilines is 2. The summed E-state index contributed by atoms with van der Waals surface area (Å²) < 4.78 is 11.7. The van der Waals surface area contributed by atoms with Gasteiger partial charge in [-0.15, -0.1) is 0 Å². The van der Waals surface area contributed by atoms with E-state index in [9.17, 15) is 4.79 Å². The van der Waals surface area contributed by atoms with Gasteiger partial charge in [0.15, 0.2) is 0 Å². The quantitative estimate of drug-likeness (QED) is 0.356. The standard InChI is InChI=1S/C27H32N2O3/c1-21(2)20-32-24-14-8-13-23(18-24)28-19-27(30)29-25-15-6-7-16-26(25)31-17-9-12-22-10-4-3-5-11-22/h3-8,10-11,13-16,18,21,28H,9,12,17,19-20H2,1-2H3,(H,29,30). The fraction of sp³-hybridized carbons (Fsp3) is 0.296. The minimum absolute atomic E-state index is 0.140. The summed E-state index contributed by atoms with van der Waals surface area (Å²) in [5.41, 5.74) is 2.81. The third kappa shape index (κ3) is 7.99. The van der Waals surface area contributed by atoms with E-state index < -0.39 is 0 Å². The van der Waals surface area contributed by atoms with Gasteiger partial charge in [-0.05, 0) is 48.6 Å². The van der Waals surface area contributed by atoms with Gasteiger partial charge in [-0.1, -0.05) is 62.4 Å². The molecule has 0 spiro atoms. The van der Waals surface area contributed by atoms with Crippen molar-refractivity contribution in [2.24, 2.45) is 5.92 Å². The first-order valence-corrected chi connectivity index (χ1v) is 11.1. The van der Waals surface area contributed by atoms with E-state index in [2.05, 4.69) is 36.6 Å². The highest BCUT2D eigenvalue weighted by Crippen LogP contribution is 2.24. The van der Waals surface area contributed by atoms with Crippen molar-refractivity contribution in [1.29, 1.82) is 0 Å². The van der Waals surface area contributed by atoms with E-state index in [4.69, 9.17) is 9.47 Å². The predicted octanol–water partition coefficient (Wildman–Crippen LogP) is 5.78. The van der Waals surface area contributed by atoms with Gasteiger partial charge in [0.1, 0.15) is 11.5 Å². The molecule has 5 heteroatoms. The molecule has 2 N–H and O–H groups in total. The molecular weight excluding hydrogens is 400 g/mol. The normalized spacial score (nSPS) is 10.6. The lowest BCUT2D eigenvalue weighted by Crippen LogP contribution is -2.22. The molecule has 0 heterocycles. The van der Waals surface area contributed by atoms with Gasteiger partial charge in [-0.3, -0.25) is 4.79 Å². The topological polar surface area (TPSA) is 59.6 Å². The van der Waals surface area contributed by atoms with Crippen LogP contribution in [0.1, 0.15) is 25.8 Å². The molecule has 0 bridgehead atoms. The molecule has 0 fully saturated rings. The minimum atomic E-state index is -0.140. The Labute approximate surface area is 190 Å². The second-order valence-electron chi connectivity index (χ2n) is 8.07. The average molecular weight is 433 g/mol. The number of rotatable bonds is 12. The molecule has 0 saturated heterocycles. The van der Waals surface area contributed by atoms with Crippen molar-refractivity contribution in [1.82, 2.24) is 0 Å². The van der Waals surface area contributed by atoms with Crippen molar-refractivity contribution in [3.05, 3.63) is 84.4 Å². The van der Waals surface area contributed by atoms with Gasteiger partial charge in [0.2, 0.25) is 5.91 Å². The Hall–Kier alpha value is -3.47. The Bertz CT molecular complexity index is 973. The van der Waals surface area contributed by atoms with Crippen LogP contribution in [0.5, 0.6) is 11.5 Å². The van der Waals surface area contributed by atoms with Crippen LogP contribution < -0.4 is 20.1 Å². The fourth-order valence-electron chi connectivity index (χ4n) is 3.13. The zero-order valence-electron chi connectivity index (χ0n) is 18.8. The Morgan fingerprint density at radius 1 is 0.906 bits per heavy atom. The molecule has 3 aromatic carbocycles. The third-order valence-electron chi connectivity index (χ3n) is 4.74. The molecule has 0 saturated carbocycles. The maximum Gasteiger partial charge on any atom is 0.243 e. The monoisotopic (exact) mass is 432 g/mol. The molecule has 0 aliphatic rings. The summed E-state index contributed by atoms with van der Waals surface area (Å²) in [6.07, 6.45) is 1.86. The van der Waals surface area contributed by atoms with Crippen molar-refractivity contribution in [2.75, 3.05) is 30.4 Å². The summed E-state index contributed by atoms with van der Waals surface area (Å²) in [5.74, 6) is 1.79. The molecule has 0 aliphatic carbocycles. The summed E-state index contributed by atoms with van der Waals surface area (Å²) in [7, 11) is 0. The number of hydrogen-bond donors (Lipinski definition) is 2. The molecule has 3 aromatic rings. The fourth-order valence-corrected chi connectivity index (χ4v) is 3.13. The molecular formula is C27H32N2O3. The first-order chi connectivity index (χ1) is 15.6. The smallest absolute Gasteiger partial charge is 0.243 e. The van der Waals surface area contributed by atoms with Gasteiger partial charge >= 0.3 is 0 Å². The lowest BCUT2D eigenvalue weighted by Gasteiger charge is -2.14. The second-order valence-corrected chi connectivity index (χ2v) is 8.07. The van der Waals surface area contributed by atoms with Crippen molar-refractivity contribution in [3.8, 4) is 11.5 Å². The molecule has 32 heavy (non-hydrogen) atoms. The lowest BCUT2D eigenvalue weighted by molar-refractivity contribution is -0.114. The maximum absolute atomic E-state index is 12.5. The van der Waals surface area contributed by atoms with Crippen LogP contribution >= 0.6 is 0 Å². The number of hydrogen-bond acceptors (Lipinski definition) is 4. The predicted molar refractivity (Wildman–Crippen MR) is 131 cm³/mol. The van der Waals surface area contributed by atoms with Crippen molar-refractivity contribution in [3.63, 3.8) is 0 Å². The number of nitrogens with one attached hydrogen (secondary N) is 2. The largest absolute Gasteiger partial charge is 0.493 e. The van der Waals surface area contributed by atoms with E-state index in [0.717, 1.165) is 24.3 Å². The first kappa shape index (κ1) is 23.2. The van der Waals surface area contributed by atoms with Crippen LogP contribution in [0.4, 0.5) is 11.4 Å². The summed E-state index contributed by atoms with van der Waals surface area (Å²) in [4.78, 5) is 12.5. The van der Waals surface area contributed by atoms with E-state index in [1.54, 1.807) is 0 Å². The molecule has 0 radical (unpaired) electrons. The van der Waals surface area contributed by atoms with Crippen LogP contribution in [-0.4, -0.2) is 25.7 Å². The van der Waals surface area contributed by atoms with Gasteiger partial charge in [-0.25, -0.2) is 0 Å². The van der Waals surface area contributed by atoms with Crippen LogP contribution in [-0.2, 0) is 11.2 Å². The Balaban J connectivity index is 1.46. The summed E-state index contributed by atoms with van der Waals surface area (Å²) in [5, 5.41) is 6.09. The zero-order chi connectivity index (χ0) is 22.6. The number of ether oxygens (including phenoxy) is 2. The van der Waals surface area contributed by atoms with E-state index in [0.29, 0.717) is 30.6 Å². The van der Waals surface area contributed by atoms with Gasteiger partial charge < -0.3 is 20.1 Å². The number of carbonyl (C=O) groups excluding carboxylic acids is 1. The number of carbonyl (C=O) groups is 1. The highest BCUT2D eigenvalue weighted by Gasteiger charge is 2.08. The van der Waals surface area contributed by atoms with Gasteiger partial charge in [0.25, 0.3) is 0 Å². The molecule has 168 valence electrons. The second kappa shape index (κ2) is 12.4. The maximum atomic E-state index is 12.5. The highest BCUT2D eigenvalue weighted by atomic mass is 16.5. The van der Waals surface area contributed by atoms with E-state index in [-0.39, 0.29) is 12.5 Å². The zero-order valence-corrected chi connectivity index (χ0v) is 18.8. The SMILES string of the molecule is CC(C)COc1cccc(NCC(=O)Nc2ccccc2OCCCc2ccccc2)c1. The van der Waals surface area contributed by atoms with Gasteiger partial charge in [0.05, 0.1) is 25.4 Å². The number of para-hydroxylation sites is 2. The Kier molecular flexibility index (Phi) is 8.99. The first-order valence-electron chi connectivity index (χ1n) is 11.1. The number of amides is 1. The summed E-state index contributed by atoms with van der Waals surface area (Å²) in [6, 6.07) is 25.5. The summed E-state index contributed by atoms with van der Waals surface area (Å²) >= 11 is 0. The van der Waals surface area contributed by atoms with Gasteiger partial charge in [-0.2, -0.15) is 0 Å². The van der Waals surface area contributed by atoms with E-state index >= 15 is 0 Å². The van der Waals surface area contributed by atoms with E-state index in [1.165, 1.54) is 5.56 Å².